The Labute approximate surface area is 193 Å². The molecule has 7 nitrogen and oxygen atoms in total. The van der Waals surface area contributed by atoms with E-state index < -0.39 is 12.0 Å². The van der Waals surface area contributed by atoms with Gasteiger partial charge in [-0.2, -0.15) is 0 Å². The van der Waals surface area contributed by atoms with Gasteiger partial charge in [0, 0.05) is 17.8 Å². The Bertz CT molecular complexity index is 1050. The molecule has 0 unspecified atom stereocenters. The van der Waals surface area contributed by atoms with Crippen LogP contribution in [0, 0.1) is 0 Å². The third kappa shape index (κ3) is 6.20. The highest BCUT2D eigenvalue weighted by Gasteiger charge is 2.11. The van der Waals surface area contributed by atoms with E-state index in [0.717, 1.165) is 36.0 Å². The molecule has 3 rings (SSSR count). The van der Waals surface area contributed by atoms with Gasteiger partial charge in [0.15, 0.2) is 0 Å². The summed E-state index contributed by atoms with van der Waals surface area (Å²) in [5, 5.41) is 13.5. The van der Waals surface area contributed by atoms with Gasteiger partial charge in [-0.25, -0.2) is 10.3 Å². The van der Waals surface area contributed by atoms with Crippen LogP contribution < -0.4 is 10.8 Å². The Morgan fingerprint density at radius 1 is 0.906 bits per heavy atom. The van der Waals surface area contributed by atoms with E-state index in [0.29, 0.717) is 5.69 Å². The third-order valence-electron chi connectivity index (χ3n) is 5.25. The molecule has 0 fully saturated rings. The minimum atomic E-state index is -0.620. The van der Waals surface area contributed by atoms with E-state index >= 15 is 0 Å². The zero-order valence-corrected chi connectivity index (χ0v) is 18.9. The Morgan fingerprint density at radius 2 is 1.50 bits per heavy atom. The number of hydroxylamine groups is 1. The van der Waals surface area contributed by atoms with Crippen molar-refractivity contribution in [1.82, 2.24) is 10.4 Å². The lowest BCUT2D eigenvalue weighted by atomic mass is 9.99. The van der Waals surface area contributed by atoms with Gasteiger partial charge in [-0.05, 0) is 59.3 Å². The molecule has 0 bridgehead atoms. The summed E-state index contributed by atoms with van der Waals surface area (Å²) in [5.41, 5.74) is 4.51. The van der Waals surface area contributed by atoms with Crippen molar-refractivity contribution in [3.05, 3.63) is 77.4 Å². The van der Waals surface area contributed by atoms with Gasteiger partial charge in [0.1, 0.15) is 6.61 Å². The van der Waals surface area contributed by atoms with Gasteiger partial charge in [-0.1, -0.05) is 50.2 Å². The summed E-state index contributed by atoms with van der Waals surface area (Å²) in [5.74, 6) is -0.620. The van der Waals surface area contributed by atoms with Crippen LogP contribution in [-0.2, 0) is 17.9 Å². The molecule has 2 amide bonds. The molecule has 0 saturated carbocycles. The Hall–Kier alpha value is -3.13. The van der Waals surface area contributed by atoms with Crippen molar-refractivity contribution in [2.45, 2.75) is 27.0 Å². The number of fused-ring (bicyclic) bond motifs is 1. The van der Waals surface area contributed by atoms with Crippen LogP contribution in [0.5, 0.6) is 0 Å². The van der Waals surface area contributed by atoms with Crippen molar-refractivity contribution >= 4 is 40.9 Å². The smallest absolute Gasteiger partial charge is 0.411 e. The van der Waals surface area contributed by atoms with Crippen LogP contribution in [0.4, 0.5) is 10.5 Å². The van der Waals surface area contributed by atoms with Gasteiger partial charge in [0.25, 0.3) is 5.91 Å². The lowest BCUT2D eigenvalue weighted by molar-refractivity contribution is 0.0706. The molecule has 0 heterocycles. The van der Waals surface area contributed by atoms with Crippen LogP contribution in [0.15, 0.2) is 60.7 Å². The maximum Gasteiger partial charge on any atom is 0.411 e. The minimum absolute atomic E-state index is 0. The highest BCUT2D eigenvalue weighted by Crippen LogP contribution is 2.25. The molecule has 3 aromatic carbocycles. The van der Waals surface area contributed by atoms with E-state index in [1.165, 1.54) is 17.7 Å². The monoisotopic (exact) mass is 457 g/mol. The second kappa shape index (κ2) is 12.0. The average Bonchev–Trinajstić information content (AvgIpc) is 2.81. The second-order valence-corrected chi connectivity index (χ2v) is 7.11. The number of nitrogens with zero attached hydrogens (tertiary/aromatic N) is 1. The lowest BCUT2D eigenvalue weighted by Crippen LogP contribution is -2.22. The molecule has 0 saturated heterocycles. The van der Waals surface area contributed by atoms with Gasteiger partial charge < -0.3 is 4.74 Å². The number of carbonyl (C=O) groups excluding carboxylic acids is 2. The largest absolute Gasteiger partial charge is 0.444 e. The maximum atomic E-state index is 12.2. The zero-order chi connectivity index (χ0) is 22.2. The van der Waals surface area contributed by atoms with Gasteiger partial charge in [0.2, 0.25) is 0 Å². The van der Waals surface area contributed by atoms with Crippen LogP contribution in [0.25, 0.3) is 10.8 Å². The molecule has 170 valence electrons. The standard InChI is InChI=1S/C24H27N3O4.ClH/c1-3-27(4-2)15-18-9-10-19(22-8-6-5-7-21(18)22)16-31-24(29)25-20-13-11-17(12-14-20)23(28)26-30;/h5-14,30H,3-4,15-16H2,1-2H3,(H,25,29)(H,26,28);1H. The number of nitrogens with one attached hydrogen (secondary N) is 2. The van der Waals surface area contributed by atoms with E-state index in [9.17, 15) is 9.59 Å². The first-order chi connectivity index (χ1) is 15.0. The summed E-state index contributed by atoms with van der Waals surface area (Å²) < 4.78 is 5.42. The molecule has 0 atom stereocenters. The maximum absolute atomic E-state index is 12.2. The number of halogens is 1. The lowest BCUT2D eigenvalue weighted by Gasteiger charge is -2.20. The molecule has 3 N–H and O–H groups in total. The fourth-order valence-corrected chi connectivity index (χ4v) is 3.44. The predicted molar refractivity (Wildman–Crippen MR) is 127 cm³/mol. The molecule has 0 aliphatic carbocycles. The summed E-state index contributed by atoms with van der Waals surface area (Å²) in [7, 11) is 0. The SMILES string of the molecule is CCN(CC)Cc1ccc(COC(=O)Nc2ccc(C(=O)NO)cc2)c2ccccc12.Cl. The van der Waals surface area contributed by atoms with Crippen LogP contribution in [0.3, 0.4) is 0 Å². The van der Waals surface area contributed by atoms with Crippen LogP contribution in [0.1, 0.15) is 35.3 Å². The van der Waals surface area contributed by atoms with Gasteiger partial charge >= 0.3 is 6.09 Å². The van der Waals surface area contributed by atoms with Crippen molar-refractivity contribution in [1.29, 1.82) is 0 Å². The molecule has 0 aliphatic heterocycles. The first kappa shape index (κ1) is 25.1. The van der Waals surface area contributed by atoms with E-state index in [4.69, 9.17) is 9.94 Å². The van der Waals surface area contributed by atoms with Crippen molar-refractivity contribution in [2.24, 2.45) is 0 Å². The molecular weight excluding hydrogens is 430 g/mol. The zero-order valence-electron chi connectivity index (χ0n) is 18.1. The van der Waals surface area contributed by atoms with E-state index in [2.05, 4.69) is 36.2 Å². The number of amides is 2. The number of benzene rings is 3. The topological polar surface area (TPSA) is 90.9 Å². The first-order valence-corrected chi connectivity index (χ1v) is 10.3. The van der Waals surface area contributed by atoms with Crippen molar-refractivity contribution < 1.29 is 19.5 Å². The Kier molecular flexibility index (Phi) is 9.46. The molecule has 0 aliphatic rings. The highest BCUT2D eigenvalue weighted by molar-refractivity contribution is 5.94. The van der Waals surface area contributed by atoms with Crippen molar-refractivity contribution in [2.75, 3.05) is 18.4 Å². The summed E-state index contributed by atoms with van der Waals surface area (Å²) in [6.45, 7) is 7.30. The van der Waals surface area contributed by atoms with E-state index in [-0.39, 0.29) is 24.6 Å². The van der Waals surface area contributed by atoms with Crippen LogP contribution in [-0.4, -0.2) is 35.2 Å². The van der Waals surface area contributed by atoms with E-state index in [1.54, 1.807) is 17.6 Å². The van der Waals surface area contributed by atoms with E-state index in [1.807, 2.05) is 24.3 Å². The summed E-state index contributed by atoms with van der Waals surface area (Å²) >= 11 is 0. The average molecular weight is 458 g/mol. The molecule has 0 aromatic heterocycles. The molecule has 0 spiro atoms. The van der Waals surface area contributed by atoms with Crippen LogP contribution in [0.2, 0.25) is 0 Å². The molecule has 0 radical (unpaired) electrons. The normalized spacial score (nSPS) is 10.5. The fourth-order valence-electron chi connectivity index (χ4n) is 3.44. The number of rotatable bonds is 8. The fraction of sp³-hybridized carbons (Fsp3) is 0.250. The highest BCUT2D eigenvalue weighted by atomic mass is 35.5. The number of ether oxygens (including phenoxy) is 1. The van der Waals surface area contributed by atoms with Crippen molar-refractivity contribution in [3.8, 4) is 0 Å². The quantitative estimate of drug-likeness (QED) is 0.328. The van der Waals surface area contributed by atoms with Gasteiger partial charge in [-0.3, -0.25) is 20.2 Å². The number of hydrogen-bond acceptors (Lipinski definition) is 5. The second-order valence-electron chi connectivity index (χ2n) is 7.11. The first-order valence-electron chi connectivity index (χ1n) is 10.3. The Morgan fingerprint density at radius 3 is 2.09 bits per heavy atom. The predicted octanol–water partition coefficient (Wildman–Crippen LogP) is 4.97. The molecule has 3 aromatic rings. The molecule has 32 heavy (non-hydrogen) atoms. The Balaban J connectivity index is 0.00000363. The summed E-state index contributed by atoms with van der Waals surface area (Å²) in [4.78, 5) is 25.9. The van der Waals surface area contributed by atoms with Crippen molar-refractivity contribution in [3.63, 3.8) is 0 Å². The molecular formula is C24H28ClN3O4. The third-order valence-corrected chi connectivity index (χ3v) is 5.25. The van der Waals surface area contributed by atoms with Gasteiger partial charge in [0.05, 0.1) is 0 Å². The summed E-state index contributed by atoms with van der Waals surface area (Å²) in [6, 6.07) is 18.4. The number of hydrogen-bond donors (Lipinski definition) is 3. The minimum Gasteiger partial charge on any atom is -0.444 e. The number of carbonyl (C=O) groups is 2. The summed E-state index contributed by atoms with van der Waals surface area (Å²) in [6.07, 6.45) is -0.587. The number of anilines is 1. The van der Waals surface area contributed by atoms with Gasteiger partial charge in [-0.15, -0.1) is 12.4 Å². The van der Waals surface area contributed by atoms with Crippen LogP contribution >= 0.6 is 12.4 Å². The molecule has 8 heteroatoms.